The van der Waals surface area contributed by atoms with E-state index in [4.69, 9.17) is 35.6 Å². The van der Waals surface area contributed by atoms with Gasteiger partial charge >= 0.3 is 40.8 Å². The Labute approximate surface area is 261 Å². The van der Waals surface area contributed by atoms with Crippen LogP contribution in [0.5, 0.6) is 0 Å². The molecular weight excluding hydrogens is 655 g/mol. The van der Waals surface area contributed by atoms with Crippen LogP contribution >= 0.6 is 0 Å². The van der Waals surface area contributed by atoms with Crippen molar-refractivity contribution in [3.8, 4) is 33.9 Å². The molecule has 203 valence electrons. The minimum Gasteiger partial charge on any atom is -0.876 e. The summed E-state index contributed by atoms with van der Waals surface area (Å²) in [4.78, 5) is 40.1. The SMILES string of the molecule is CC(=O)/C=C(/C)[O-].O=[N+]([O-])[O-].O=[N+]([O-])[O-].[Nd+3].c1ccc(-c2cc(-c3ccccn3)nc(-c3ccccn3)c2)cc1. The van der Waals surface area contributed by atoms with Gasteiger partial charge in [0, 0.05) is 12.4 Å². The van der Waals surface area contributed by atoms with Crippen LogP contribution in [0.4, 0.5) is 0 Å². The average molecular weight is 677 g/mol. The summed E-state index contributed by atoms with van der Waals surface area (Å²) in [6.07, 6.45) is 4.62. The molecule has 1 radical (unpaired) electrons. The minimum absolute atomic E-state index is 0. The van der Waals surface area contributed by atoms with Crippen molar-refractivity contribution < 1.29 is 60.9 Å². The fraction of sp³-hybridized carbons (Fsp3) is 0.0769. The van der Waals surface area contributed by atoms with Gasteiger partial charge in [0.25, 0.3) is 0 Å². The van der Waals surface area contributed by atoms with Gasteiger partial charge in [0.1, 0.15) is 0 Å². The molecule has 0 bridgehead atoms. The van der Waals surface area contributed by atoms with Gasteiger partial charge in [-0.15, -0.1) is 5.76 Å². The van der Waals surface area contributed by atoms with Crippen LogP contribution in [0.1, 0.15) is 13.8 Å². The van der Waals surface area contributed by atoms with E-state index in [1.54, 1.807) is 12.4 Å². The van der Waals surface area contributed by atoms with Crippen LogP contribution < -0.4 is 5.11 Å². The molecule has 0 amide bonds. The van der Waals surface area contributed by atoms with Gasteiger partial charge in [-0.25, -0.2) is 4.98 Å². The second-order valence-electron chi connectivity index (χ2n) is 7.24. The Balaban J connectivity index is 0.000000794. The molecular formula is C26H22N5NdO8. The van der Waals surface area contributed by atoms with E-state index >= 15 is 0 Å². The molecule has 0 fully saturated rings. The quantitative estimate of drug-likeness (QED) is 0.129. The van der Waals surface area contributed by atoms with Crippen LogP contribution in [0.3, 0.4) is 0 Å². The van der Waals surface area contributed by atoms with Gasteiger partial charge in [-0.3, -0.25) is 14.8 Å². The molecule has 0 unspecified atom stereocenters. The number of carbonyl (C=O) groups is 1. The van der Waals surface area contributed by atoms with E-state index in [9.17, 15) is 9.90 Å². The van der Waals surface area contributed by atoms with Crippen LogP contribution in [0.15, 0.2) is 103 Å². The molecule has 13 nitrogen and oxygen atoms in total. The van der Waals surface area contributed by atoms with Crippen LogP contribution in [0.25, 0.3) is 33.9 Å². The summed E-state index contributed by atoms with van der Waals surface area (Å²) in [5.74, 6) is -0.375. The van der Waals surface area contributed by atoms with Gasteiger partial charge in [-0.2, -0.15) is 0 Å². The van der Waals surface area contributed by atoms with Crippen molar-refractivity contribution >= 4 is 5.78 Å². The first kappa shape index (κ1) is 35.6. The summed E-state index contributed by atoms with van der Waals surface area (Å²) < 4.78 is 0. The third-order valence-corrected chi connectivity index (χ3v) is 4.19. The molecule has 0 saturated heterocycles. The van der Waals surface area contributed by atoms with Gasteiger partial charge < -0.3 is 35.7 Å². The van der Waals surface area contributed by atoms with Crippen molar-refractivity contribution in [2.45, 2.75) is 13.8 Å². The molecule has 3 aromatic heterocycles. The van der Waals surface area contributed by atoms with Crippen LogP contribution in [0, 0.1) is 71.5 Å². The third kappa shape index (κ3) is 15.8. The maximum Gasteiger partial charge on any atom is 3.00 e. The van der Waals surface area contributed by atoms with Crippen molar-refractivity contribution in [2.75, 3.05) is 0 Å². The van der Waals surface area contributed by atoms with Crippen LogP contribution in [-0.2, 0) is 4.79 Å². The summed E-state index contributed by atoms with van der Waals surface area (Å²) in [6, 6.07) is 26.1. The molecule has 0 aliphatic rings. The minimum atomic E-state index is -1.75. The Morgan fingerprint density at radius 1 is 0.675 bits per heavy atom. The zero-order chi connectivity index (χ0) is 29.2. The van der Waals surface area contributed by atoms with Crippen LogP contribution in [-0.4, -0.2) is 30.9 Å². The van der Waals surface area contributed by atoms with Crippen LogP contribution in [0.2, 0.25) is 0 Å². The van der Waals surface area contributed by atoms with E-state index in [-0.39, 0.29) is 52.4 Å². The average Bonchev–Trinajstić information content (AvgIpc) is 2.89. The third-order valence-electron chi connectivity index (χ3n) is 4.19. The molecule has 0 spiro atoms. The molecule has 3 heterocycles. The van der Waals surface area contributed by atoms with Gasteiger partial charge in [0.05, 0.1) is 32.9 Å². The first-order valence-electron chi connectivity index (χ1n) is 10.9. The number of nitrogens with zero attached hydrogens (tertiary/aromatic N) is 5. The maximum absolute atomic E-state index is 9.98. The molecule has 0 saturated carbocycles. The summed E-state index contributed by atoms with van der Waals surface area (Å²) in [5.41, 5.74) is 5.65. The second-order valence-corrected chi connectivity index (χ2v) is 7.24. The molecule has 1 aromatic carbocycles. The van der Waals surface area contributed by atoms with Gasteiger partial charge in [0.2, 0.25) is 0 Å². The summed E-state index contributed by atoms with van der Waals surface area (Å²) in [7, 11) is 0. The first-order valence-corrected chi connectivity index (χ1v) is 10.9. The smallest absolute Gasteiger partial charge is 0.876 e. The van der Waals surface area contributed by atoms with Crippen molar-refractivity contribution in [2.24, 2.45) is 0 Å². The van der Waals surface area contributed by atoms with Crippen molar-refractivity contribution in [3.63, 3.8) is 0 Å². The molecule has 14 heteroatoms. The van der Waals surface area contributed by atoms with E-state index < -0.39 is 10.2 Å². The summed E-state index contributed by atoms with van der Waals surface area (Å²) in [5, 5.41) is 39.5. The first-order chi connectivity index (χ1) is 18.5. The van der Waals surface area contributed by atoms with Crippen molar-refractivity contribution in [1.29, 1.82) is 0 Å². The van der Waals surface area contributed by atoms with E-state index in [0.717, 1.165) is 40.0 Å². The molecule has 4 aromatic rings. The number of ketones is 1. The van der Waals surface area contributed by atoms with Gasteiger partial charge in [-0.05, 0) is 60.5 Å². The Kier molecular flexibility index (Phi) is 17.5. The van der Waals surface area contributed by atoms with Gasteiger partial charge in [-0.1, -0.05) is 49.4 Å². The normalized spacial score (nSPS) is 9.50. The van der Waals surface area contributed by atoms with E-state index in [1.165, 1.54) is 13.8 Å². The Hall–Kier alpha value is -4.37. The topological polar surface area (TPSA) is 211 Å². The molecule has 0 aliphatic heterocycles. The number of aromatic nitrogens is 3. The standard InChI is InChI=1S/C21H15N3.C5H8O2.2NO3.Nd/c1-2-8-16(9-3-1)17-14-20(18-10-4-6-12-22-18)24-21(15-17)19-11-5-7-13-23-19;1-4(6)3-5(2)7;2*2-1(3)4;/h1-15H;3,6H,1-2H3;;;/q;;2*-1;+3/p-1/b;4-3-;;;. The number of hydrogen-bond donors (Lipinski definition) is 0. The van der Waals surface area contributed by atoms with E-state index in [2.05, 4.69) is 34.2 Å². The zero-order valence-electron chi connectivity index (χ0n) is 21.2. The zero-order valence-corrected chi connectivity index (χ0v) is 24.4. The van der Waals surface area contributed by atoms with Crippen molar-refractivity contribution in [1.82, 2.24) is 15.0 Å². The molecule has 40 heavy (non-hydrogen) atoms. The second kappa shape index (κ2) is 19.7. The summed E-state index contributed by atoms with van der Waals surface area (Å²) >= 11 is 0. The number of hydrogen-bond acceptors (Lipinski definition) is 11. The number of allylic oxidation sites excluding steroid dienone is 2. The van der Waals surface area contributed by atoms with E-state index in [1.807, 2.05) is 54.6 Å². The number of benzene rings is 1. The Bertz CT molecular complexity index is 1210. The number of rotatable bonds is 4. The summed E-state index contributed by atoms with van der Waals surface area (Å²) in [6.45, 7) is 2.70. The Morgan fingerprint density at radius 3 is 1.38 bits per heavy atom. The monoisotopic (exact) mass is 674 g/mol. The van der Waals surface area contributed by atoms with Crippen molar-refractivity contribution in [3.05, 3.63) is 134 Å². The van der Waals surface area contributed by atoms with E-state index in [0.29, 0.717) is 0 Å². The molecule has 0 N–H and O–H groups in total. The molecule has 4 rings (SSSR count). The predicted octanol–water partition coefficient (Wildman–Crippen LogP) is 4.23. The van der Waals surface area contributed by atoms with Gasteiger partial charge in [0.15, 0.2) is 5.78 Å². The fourth-order valence-electron chi connectivity index (χ4n) is 2.91. The predicted molar refractivity (Wildman–Crippen MR) is 141 cm³/mol. The number of carbonyl (C=O) groups excluding carboxylic acids is 1. The Morgan fingerprint density at radius 2 is 1.07 bits per heavy atom. The fourth-order valence-corrected chi connectivity index (χ4v) is 2.91. The molecule has 0 atom stereocenters. The molecule has 0 aliphatic carbocycles. The maximum atomic E-state index is 9.98. The largest absolute Gasteiger partial charge is 3.00 e. The number of pyridine rings is 3.